The number of ketones is 1. The van der Waals surface area contributed by atoms with Gasteiger partial charge in [0.25, 0.3) is 0 Å². The van der Waals surface area contributed by atoms with E-state index < -0.39 is 17.7 Å². The van der Waals surface area contributed by atoms with Crippen molar-refractivity contribution in [1.82, 2.24) is 10.6 Å². The molecule has 0 aromatic heterocycles. The molecule has 0 radical (unpaired) electrons. The molecule has 35 heavy (non-hydrogen) atoms. The van der Waals surface area contributed by atoms with E-state index in [4.69, 9.17) is 4.74 Å². The number of hydrogen-bond acceptors (Lipinski definition) is 4. The van der Waals surface area contributed by atoms with Crippen LogP contribution in [0.25, 0.3) is 0 Å². The number of benzene rings is 2. The lowest BCUT2D eigenvalue weighted by Crippen LogP contribution is -2.48. The molecular weight excluding hydrogens is 450 g/mol. The first-order valence-corrected chi connectivity index (χ1v) is 12.4. The van der Waals surface area contributed by atoms with Crippen molar-refractivity contribution in [2.75, 3.05) is 13.1 Å². The van der Waals surface area contributed by atoms with Crippen LogP contribution in [0, 0.1) is 17.6 Å². The third-order valence-corrected chi connectivity index (χ3v) is 6.30. The van der Waals surface area contributed by atoms with Crippen LogP contribution in [0.15, 0.2) is 48.5 Å². The number of carbonyl (C=O) groups excluding carboxylic acids is 2. The lowest BCUT2D eigenvalue weighted by atomic mass is 9.86. The van der Waals surface area contributed by atoms with E-state index in [9.17, 15) is 18.4 Å². The number of alkyl carbamates (subject to hydrolysis) is 1. The van der Waals surface area contributed by atoms with E-state index in [1.807, 2.05) is 0 Å². The summed E-state index contributed by atoms with van der Waals surface area (Å²) in [7, 11) is 0. The molecule has 1 heterocycles. The fourth-order valence-electron chi connectivity index (χ4n) is 4.58. The normalized spacial score (nSPS) is 16.8. The molecule has 3 rings (SSSR count). The predicted octanol–water partition coefficient (Wildman–Crippen LogP) is 5.73. The van der Waals surface area contributed by atoms with Crippen molar-refractivity contribution in [2.45, 2.75) is 70.4 Å². The summed E-state index contributed by atoms with van der Waals surface area (Å²) in [5.41, 5.74) is 1.26. The van der Waals surface area contributed by atoms with Crippen molar-refractivity contribution >= 4 is 11.9 Å². The average Bonchev–Trinajstić information content (AvgIpc) is 3.32. The summed E-state index contributed by atoms with van der Waals surface area (Å²) in [6.45, 7) is 6.88. The summed E-state index contributed by atoms with van der Waals surface area (Å²) in [5, 5.41) is 6.06. The number of amides is 1. The van der Waals surface area contributed by atoms with Gasteiger partial charge < -0.3 is 15.4 Å². The Bertz CT molecular complexity index is 920. The Morgan fingerprint density at radius 3 is 2.06 bits per heavy atom. The van der Waals surface area contributed by atoms with Gasteiger partial charge >= 0.3 is 6.09 Å². The highest BCUT2D eigenvalue weighted by Gasteiger charge is 2.32. The molecule has 0 bridgehead atoms. The highest BCUT2D eigenvalue weighted by Crippen LogP contribution is 2.30. The first-order valence-electron chi connectivity index (χ1n) is 12.4. The topological polar surface area (TPSA) is 67.4 Å². The van der Waals surface area contributed by atoms with Gasteiger partial charge in [0, 0.05) is 24.8 Å². The van der Waals surface area contributed by atoms with Gasteiger partial charge in [0.05, 0.1) is 6.04 Å². The summed E-state index contributed by atoms with van der Waals surface area (Å²) in [6, 6.07) is 12.1. The first-order chi connectivity index (χ1) is 16.6. The molecule has 1 aliphatic heterocycles. The standard InChI is InChI=1S/C28H36F2N2O3/c1-28(2,3)35-27(34)32-26(21-16-17-31-18-21)25(33)7-5-4-6-24(19-8-12-22(29)13-9-19)20-10-14-23(30)15-11-20/h8-15,21,24,26,31H,4-7,16-18H2,1-3H3,(H,32,34). The van der Waals surface area contributed by atoms with Crippen molar-refractivity contribution < 1.29 is 23.1 Å². The first kappa shape index (κ1) is 26.8. The van der Waals surface area contributed by atoms with E-state index >= 15 is 0 Å². The second kappa shape index (κ2) is 12.2. The second-order valence-electron chi connectivity index (χ2n) is 10.2. The van der Waals surface area contributed by atoms with Gasteiger partial charge in [-0.05, 0) is 82.0 Å². The Kier molecular flexibility index (Phi) is 9.38. The summed E-state index contributed by atoms with van der Waals surface area (Å²) in [4.78, 5) is 25.5. The number of hydrogen-bond donors (Lipinski definition) is 2. The van der Waals surface area contributed by atoms with Crippen LogP contribution in [0.3, 0.4) is 0 Å². The van der Waals surface area contributed by atoms with E-state index in [2.05, 4.69) is 10.6 Å². The van der Waals surface area contributed by atoms with Crippen molar-refractivity contribution in [3.63, 3.8) is 0 Å². The minimum absolute atomic E-state index is 0.00433. The zero-order valence-corrected chi connectivity index (χ0v) is 20.8. The summed E-state index contributed by atoms with van der Waals surface area (Å²) < 4.78 is 32.3. The molecular formula is C28H36F2N2O3. The number of Topliss-reactive ketones (excluding diaryl/α,β-unsaturated/α-hetero) is 1. The van der Waals surface area contributed by atoms with Crippen molar-refractivity contribution in [3.8, 4) is 0 Å². The minimum Gasteiger partial charge on any atom is -0.444 e. The van der Waals surface area contributed by atoms with E-state index in [0.717, 1.165) is 36.9 Å². The van der Waals surface area contributed by atoms with Gasteiger partial charge in [-0.15, -0.1) is 0 Å². The van der Waals surface area contributed by atoms with Crippen molar-refractivity contribution in [2.24, 2.45) is 5.92 Å². The fraction of sp³-hybridized carbons (Fsp3) is 0.500. The lowest BCUT2D eigenvalue weighted by Gasteiger charge is -2.26. The molecule has 0 aliphatic carbocycles. The maximum atomic E-state index is 13.5. The number of ether oxygens (including phenoxy) is 1. The van der Waals surface area contributed by atoms with Gasteiger partial charge in [0.15, 0.2) is 5.78 Å². The molecule has 2 aromatic rings. The van der Waals surface area contributed by atoms with Crippen LogP contribution in [-0.4, -0.2) is 36.6 Å². The molecule has 2 aromatic carbocycles. The molecule has 7 heteroatoms. The van der Waals surface area contributed by atoms with Crippen LogP contribution >= 0.6 is 0 Å². The van der Waals surface area contributed by atoms with Gasteiger partial charge in [-0.1, -0.05) is 30.7 Å². The maximum Gasteiger partial charge on any atom is 0.408 e. The highest BCUT2D eigenvalue weighted by molar-refractivity contribution is 5.87. The highest BCUT2D eigenvalue weighted by atomic mass is 19.1. The van der Waals surface area contributed by atoms with E-state index in [1.54, 1.807) is 45.0 Å². The van der Waals surface area contributed by atoms with Crippen LogP contribution in [0.4, 0.5) is 13.6 Å². The summed E-state index contributed by atoms with van der Waals surface area (Å²) in [6.07, 6.45) is 2.74. The smallest absolute Gasteiger partial charge is 0.408 e. The van der Waals surface area contributed by atoms with Crippen LogP contribution in [0.1, 0.15) is 69.9 Å². The number of carbonyl (C=O) groups is 2. The molecule has 0 spiro atoms. The number of nitrogens with one attached hydrogen (secondary N) is 2. The van der Waals surface area contributed by atoms with Crippen molar-refractivity contribution in [1.29, 1.82) is 0 Å². The Balaban J connectivity index is 1.60. The van der Waals surface area contributed by atoms with E-state index in [0.29, 0.717) is 19.4 Å². The van der Waals surface area contributed by atoms with Crippen LogP contribution in [0.5, 0.6) is 0 Å². The number of halogens is 2. The third kappa shape index (κ3) is 8.42. The van der Waals surface area contributed by atoms with E-state index in [1.165, 1.54) is 24.3 Å². The van der Waals surface area contributed by atoms with Crippen molar-refractivity contribution in [3.05, 3.63) is 71.3 Å². The Hall–Kier alpha value is -2.80. The molecule has 2 atom stereocenters. The Morgan fingerprint density at radius 1 is 1.00 bits per heavy atom. The summed E-state index contributed by atoms with van der Waals surface area (Å²) >= 11 is 0. The lowest BCUT2D eigenvalue weighted by molar-refractivity contribution is -0.122. The quantitative estimate of drug-likeness (QED) is 0.421. The van der Waals surface area contributed by atoms with Gasteiger partial charge in [0.2, 0.25) is 0 Å². The molecule has 2 N–H and O–H groups in total. The Morgan fingerprint density at radius 2 is 1.57 bits per heavy atom. The molecule has 1 fully saturated rings. The zero-order valence-electron chi connectivity index (χ0n) is 20.8. The monoisotopic (exact) mass is 486 g/mol. The molecule has 1 aliphatic rings. The SMILES string of the molecule is CC(C)(C)OC(=O)NC(C(=O)CCCCC(c1ccc(F)cc1)c1ccc(F)cc1)C1CCNC1. The fourth-order valence-corrected chi connectivity index (χ4v) is 4.58. The minimum atomic E-state index is -0.638. The van der Waals surface area contributed by atoms with Crippen LogP contribution in [-0.2, 0) is 9.53 Å². The summed E-state index contributed by atoms with van der Waals surface area (Å²) in [5.74, 6) is -0.587. The maximum absolute atomic E-state index is 13.5. The molecule has 190 valence electrons. The molecule has 0 saturated carbocycles. The van der Waals surface area contributed by atoms with Gasteiger partial charge in [-0.3, -0.25) is 4.79 Å². The third-order valence-electron chi connectivity index (χ3n) is 6.30. The Labute approximate surface area is 206 Å². The van der Waals surface area contributed by atoms with E-state index in [-0.39, 0.29) is 29.3 Å². The largest absolute Gasteiger partial charge is 0.444 e. The van der Waals surface area contributed by atoms with Crippen LogP contribution < -0.4 is 10.6 Å². The molecule has 2 unspecified atom stereocenters. The number of rotatable bonds is 10. The average molecular weight is 487 g/mol. The predicted molar refractivity (Wildman–Crippen MR) is 132 cm³/mol. The number of unbranched alkanes of at least 4 members (excludes halogenated alkanes) is 1. The van der Waals surface area contributed by atoms with Gasteiger partial charge in [-0.25, -0.2) is 13.6 Å². The molecule has 1 saturated heterocycles. The van der Waals surface area contributed by atoms with Gasteiger partial charge in [-0.2, -0.15) is 0 Å². The zero-order chi connectivity index (χ0) is 25.4. The van der Waals surface area contributed by atoms with Crippen LogP contribution in [0.2, 0.25) is 0 Å². The molecule has 5 nitrogen and oxygen atoms in total. The van der Waals surface area contributed by atoms with Gasteiger partial charge in [0.1, 0.15) is 17.2 Å². The second-order valence-corrected chi connectivity index (χ2v) is 10.2. The molecule has 1 amide bonds.